The van der Waals surface area contributed by atoms with E-state index >= 15 is 0 Å². The molecule has 230 valence electrons. The molecule has 3 aliphatic heterocycles. The zero-order valence-corrected chi connectivity index (χ0v) is 26.2. The second kappa shape index (κ2) is 8.19. The number of pyridine rings is 1. The molecule has 13 rings (SSSR count). The molecule has 0 saturated carbocycles. The van der Waals surface area contributed by atoms with Crippen LogP contribution in [-0.2, 0) is 5.66 Å². The molecule has 8 nitrogen and oxygen atoms in total. The topological polar surface area (TPSA) is 69.7 Å². The Morgan fingerprint density at radius 1 is 0.700 bits per heavy atom. The third kappa shape index (κ3) is 2.61. The fourth-order valence-corrected chi connectivity index (χ4v) is 9.26. The minimum Gasteiger partial charge on any atom is -0.456 e. The first-order valence-corrected chi connectivity index (χ1v) is 16.7. The smallest absolute Gasteiger partial charge is 0.397 e. The largest absolute Gasteiger partial charge is 0.456 e. The van der Waals surface area contributed by atoms with E-state index in [1.165, 1.54) is 10.8 Å². The van der Waals surface area contributed by atoms with Gasteiger partial charge in [-0.25, -0.2) is 9.97 Å². The molecule has 5 aromatic carbocycles. The Labute approximate surface area is 283 Å². The van der Waals surface area contributed by atoms with Crippen molar-refractivity contribution in [1.29, 1.82) is 0 Å². The van der Waals surface area contributed by atoms with Gasteiger partial charge in [-0.3, -0.25) is 4.79 Å². The van der Waals surface area contributed by atoms with Crippen molar-refractivity contribution in [2.24, 2.45) is 0 Å². The van der Waals surface area contributed by atoms with Crippen LogP contribution in [0.2, 0.25) is 0 Å². The average Bonchev–Trinajstić information content (AvgIpc) is 3.84. The van der Waals surface area contributed by atoms with Crippen molar-refractivity contribution in [3.05, 3.63) is 156 Å². The van der Waals surface area contributed by atoms with E-state index in [2.05, 4.69) is 110 Å². The maximum atomic E-state index is 13.5. The van der Waals surface area contributed by atoms with E-state index < -0.39 is 5.66 Å². The molecule has 0 radical (unpaired) electrons. The molecule has 9 aromatic rings. The first kappa shape index (κ1) is 25.1. The Balaban J connectivity index is 1.16. The monoisotopic (exact) mass is 642 g/mol. The molecule has 4 aliphatic rings. The summed E-state index contributed by atoms with van der Waals surface area (Å²) in [6, 6.07) is 39.2. The molecule has 50 heavy (non-hydrogen) atoms. The van der Waals surface area contributed by atoms with Gasteiger partial charge in [0.05, 0.1) is 23.6 Å². The molecule has 0 bridgehead atoms. The van der Waals surface area contributed by atoms with Gasteiger partial charge in [0.15, 0.2) is 22.7 Å². The number of nitrogens with zero attached hydrogens (tertiary/aromatic N) is 6. The number of aromatic nitrogens is 6. The predicted molar refractivity (Wildman–Crippen MR) is 186 cm³/mol. The molecule has 1 unspecified atom stereocenters. The van der Waals surface area contributed by atoms with E-state index in [9.17, 15) is 4.79 Å². The van der Waals surface area contributed by atoms with Crippen LogP contribution in [0.4, 0.5) is 0 Å². The highest BCUT2D eigenvalue weighted by molar-refractivity contribution is 6.25. The maximum Gasteiger partial charge on any atom is 0.397 e. The Kier molecular flexibility index (Phi) is 4.12. The third-order valence-electron chi connectivity index (χ3n) is 11.1. The standard InChI is InChI=1S/C42H22N6O2/c49-40-27-11-2-1-10-25(27)38-35-28(40)12-7-13-29(35)43-41(44-38)23-21-46-31-15-8-16-32-36(31)42(47(46)22-23)37-33(50-32)19-18-26-24-9-3-4-14-30(24)48(39(26)37)34-17-5-6-20-45(34)42/h1-22H/q+2. The molecule has 0 fully saturated rings. The van der Waals surface area contributed by atoms with Crippen molar-refractivity contribution in [2.45, 2.75) is 5.66 Å². The van der Waals surface area contributed by atoms with Gasteiger partial charge in [-0.1, -0.05) is 65.3 Å². The molecule has 7 heterocycles. The fourth-order valence-electron chi connectivity index (χ4n) is 9.26. The van der Waals surface area contributed by atoms with E-state index in [1.807, 2.05) is 42.5 Å². The Morgan fingerprint density at radius 3 is 2.48 bits per heavy atom. The van der Waals surface area contributed by atoms with Crippen molar-refractivity contribution in [1.82, 2.24) is 19.2 Å². The van der Waals surface area contributed by atoms with Gasteiger partial charge in [-0.05, 0) is 48.5 Å². The highest BCUT2D eigenvalue weighted by Crippen LogP contribution is 2.55. The van der Waals surface area contributed by atoms with Crippen LogP contribution < -0.4 is 14.0 Å². The van der Waals surface area contributed by atoms with E-state index in [4.69, 9.17) is 14.7 Å². The lowest BCUT2D eigenvalue weighted by Crippen LogP contribution is -2.76. The first-order valence-electron chi connectivity index (χ1n) is 16.7. The lowest BCUT2D eigenvalue weighted by atomic mass is 9.84. The summed E-state index contributed by atoms with van der Waals surface area (Å²) in [5, 5.41) is 3.19. The maximum absolute atomic E-state index is 13.5. The number of carbonyl (C=O) groups is 1. The second-order valence-electron chi connectivity index (χ2n) is 13.4. The molecule has 1 spiro atoms. The zero-order valence-electron chi connectivity index (χ0n) is 26.2. The number of ether oxygens (including phenoxy) is 1. The van der Waals surface area contributed by atoms with Crippen LogP contribution >= 0.6 is 0 Å². The summed E-state index contributed by atoms with van der Waals surface area (Å²) in [5.74, 6) is 3.34. The Morgan fingerprint density at radius 2 is 1.52 bits per heavy atom. The van der Waals surface area contributed by atoms with Crippen LogP contribution in [0.15, 0.2) is 134 Å². The third-order valence-corrected chi connectivity index (χ3v) is 11.1. The van der Waals surface area contributed by atoms with Crippen molar-refractivity contribution >= 4 is 38.5 Å². The van der Waals surface area contributed by atoms with Crippen LogP contribution in [-0.4, -0.2) is 25.0 Å². The number of hydrogen-bond donors (Lipinski definition) is 0. The van der Waals surface area contributed by atoms with E-state index in [-0.39, 0.29) is 5.78 Å². The van der Waals surface area contributed by atoms with Gasteiger partial charge in [0.1, 0.15) is 33.8 Å². The molecular weight excluding hydrogens is 621 g/mol. The number of fused-ring (bicyclic) bond motifs is 9. The van der Waals surface area contributed by atoms with Crippen LogP contribution in [0, 0.1) is 0 Å². The number of rotatable bonds is 1. The second-order valence-corrected chi connectivity index (χ2v) is 13.4. The molecular formula is C42H22N6O2+2. The molecule has 0 N–H and O–H groups in total. The molecule has 1 atom stereocenters. The number of benzene rings is 5. The minimum atomic E-state index is -0.796. The quantitative estimate of drug-likeness (QED) is 0.181. The van der Waals surface area contributed by atoms with Crippen LogP contribution in [0.5, 0.6) is 11.5 Å². The van der Waals surface area contributed by atoms with Gasteiger partial charge in [0.25, 0.3) is 5.82 Å². The van der Waals surface area contributed by atoms with Crippen LogP contribution in [0.1, 0.15) is 27.0 Å². The average molecular weight is 643 g/mol. The van der Waals surface area contributed by atoms with Gasteiger partial charge < -0.3 is 4.74 Å². The number of carbonyl (C=O) groups excluding carboxylic acids is 1. The van der Waals surface area contributed by atoms with Gasteiger partial charge in [-0.15, -0.1) is 4.68 Å². The van der Waals surface area contributed by atoms with E-state index in [0.717, 1.165) is 72.9 Å². The predicted octanol–water partition coefficient (Wildman–Crippen LogP) is 7.00. The lowest BCUT2D eigenvalue weighted by molar-refractivity contribution is -0.993. The summed E-state index contributed by atoms with van der Waals surface area (Å²) in [7, 11) is 0. The SMILES string of the molecule is O=C1c2ccccc2-c2nc(-c3cn4[n+](c3)C35c6c(cccc6-4)Oc4ccc6c7ccccc7n(c6c43)-c3cccc[n+]35)nc3cccc1c23. The lowest BCUT2D eigenvalue weighted by Gasteiger charge is -2.32. The van der Waals surface area contributed by atoms with Crippen LogP contribution in [0.25, 0.3) is 66.9 Å². The summed E-state index contributed by atoms with van der Waals surface area (Å²) in [6.45, 7) is 0. The van der Waals surface area contributed by atoms with Crippen LogP contribution in [0.3, 0.4) is 0 Å². The summed E-state index contributed by atoms with van der Waals surface area (Å²) in [5.41, 5.74) is 9.27. The van der Waals surface area contributed by atoms with Gasteiger partial charge in [-0.2, -0.15) is 9.13 Å². The van der Waals surface area contributed by atoms with Gasteiger partial charge in [0, 0.05) is 38.9 Å². The normalized spacial score (nSPS) is 16.7. The summed E-state index contributed by atoms with van der Waals surface area (Å²) in [4.78, 5) is 23.9. The number of hydrogen-bond acceptors (Lipinski definition) is 4. The summed E-state index contributed by atoms with van der Waals surface area (Å²) >= 11 is 0. The van der Waals surface area contributed by atoms with Gasteiger partial charge >= 0.3 is 5.66 Å². The Bertz CT molecular complexity index is 3120. The Hall–Kier alpha value is -6.93. The summed E-state index contributed by atoms with van der Waals surface area (Å²) in [6.07, 6.45) is 6.49. The van der Waals surface area contributed by atoms with Crippen molar-refractivity contribution in [3.63, 3.8) is 0 Å². The number of ketones is 1. The van der Waals surface area contributed by atoms with Crippen molar-refractivity contribution < 1.29 is 18.8 Å². The molecule has 8 heteroatoms. The first-order chi connectivity index (χ1) is 24.7. The fraction of sp³-hybridized carbons (Fsp3) is 0.0238. The highest BCUT2D eigenvalue weighted by Gasteiger charge is 2.68. The zero-order chi connectivity index (χ0) is 32.5. The molecule has 4 aromatic heterocycles. The summed E-state index contributed by atoms with van der Waals surface area (Å²) < 4.78 is 16.1. The van der Waals surface area contributed by atoms with Gasteiger partial charge in [0.2, 0.25) is 6.20 Å². The van der Waals surface area contributed by atoms with E-state index in [1.54, 1.807) is 0 Å². The van der Waals surface area contributed by atoms with Crippen molar-refractivity contribution in [2.75, 3.05) is 0 Å². The molecule has 1 aliphatic carbocycles. The van der Waals surface area contributed by atoms with E-state index in [0.29, 0.717) is 17.0 Å². The molecule has 0 amide bonds. The van der Waals surface area contributed by atoms with Crippen molar-refractivity contribution in [3.8, 4) is 45.6 Å². The number of para-hydroxylation sites is 1. The highest BCUT2D eigenvalue weighted by atomic mass is 16.5. The minimum absolute atomic E-state index is 0.00913. The molecule has 0 saturated heterocycles.